The van der Waals surface area contributed by atoms with Crippen molar-refractivity contribution in [2.45, 2.75) is 31.3 Å². The maximum absolute atomic E-state index is 13.0. The molecule has 0 aliphatic carbocycles. The zero-order valence-electron chi connectivity index (χ0n) is 8.93. The van der Waals surface area contributed by atoms with Gasteiger partial charge < -0.3 is 0 Å². The molecule has 0 spiro atoms. The minimum absolute atomic E-state index is 0.000895. The first kappa shape index (κ1) is 12.7. The smallest absolute Gasteiger partial charge is 0.271 e. The van der Waals surface area contributed by atoms with Gasteiger partial charge in [-0.05, 0) is 23.6 Å². The Hall–Kier alpha value is -0.413. The quantitative estimate of drug-likeness (QED) is 0.417. The summed E-state index contributed by atoms with van der Waals surface area (Å²) in [5, 5.41) is 0. The van der Waals surface area contributed by atoms with Gasteiger partial charge in [-0.25, -0.2) is 0 Å². The molecule has 0 aliphatic heterocycles. The molecule has 0 aliphatic rings. The highest BCUT2D eigenvalue weighted by Gasteiger charge is 2.31. The zero-order chi connectivity index (χ0) is 11.5. The summed E-state index contributed by atoms with van der Waals surface area (Å²) in [5.74, 6) is 0.281. The Morgan fingerprint density at radius 2 is 1.93 bits per heavy atom. The number of halogens is 3. The molecule has 0 radical (unpaired) electrons. The highest BCUT2D eigenvalue weighted by molar-refractivity contribution is 6.64. The van der Waals surface area contributed by atoms with E-state index in [1.54, 1.807) is 0 Å². The van der Waals surface area contributed by atoms with Crippen LogP contribution in [0.2, 0.25) is 12.6 Å². The number of rotatable bonds is 4. The van der Waals surface area contributed by atoms with Crippen LogP contribution >= 0.6 is 11.6 Å². The molecule has 1 aromatic carbocycles. The van der Waals surface area contributed by atoms with Crippen LogP contribution in [0.3, 0.4) is 0 Å². The summed E-state index contributed by atoms with van der Waals surface area (Å²) >= 11 is 5.77. The van der Waals surface area contributed by atoms with E-state index in [4.69, 9.17) is 11.6 Å². The van der Waals surface area contributed by atoms with Gasteiger partial charge in [-0.1, -0.05) is 31.2 Å². The van der Waals surface area contributed by atoms with Gasteiger partial charge in [0.2, 0.25) is 0 Å². The second kappa shape index (κ2) is 5.08. The van der Waals surface area contributed by atoms with E-state index in [1.807, 2.05) is 31.2 Å². The Labute approximate surface area is 95.6 Å². The average molecular weight is 249 g/mol. The van der Waals surface area contributed by atoms with Crippen LogP contribution in [0.25, 0.3) is 0 Å². The predicted octanol–water partition coefficient (Wildman–Crippen LogP) is 4.54. The first-order valence-electron chi connectivity index (χ1n) is 4.95. The van der Waals surface area contributed by atoms with Crippen LogP contribution in [0.5, 0.6) is 0 Å². The van der Waals surface area contributed by atoms with Crippen molar-refractivity contribution in [1.29, 1.82) is 0 Å². The molecule has 0 bridgehead atoms. The second-order valence-electron chi connectivity index (χ2n) is 4.01. The summed E-state index contributed by atoms with van der Waals surface area (Å²) in [4.78, 5) is 0. The van der Waals surface area contributed by atoms with Crippen LogP contribution < -0.4 is 0 Å². The molecule has 0 N–H and O–H groups in total. The Morgan fingerprint density at radius 1 is 1.33 bits per heavy atom. The van der Waals surface area contributed by atoms with Gasteiger partial charge in [0, 0.05) is 11.9 Å². The highest BCUT2D eigenvalue weighted by Crippen LogP contribution is 2.30. The van der Waals surface area contributed by atoms with Gasteiger partial charge in [0.25, 0.3) is 0 Å². The standard InChI is InChI=1S/C11H15ClF2Si/c1-9(8-15(2,13)14)11-6-4-3-5-10(11)7-12/h3-6,9H,7-8H2,1-2H3. The molecule has 0 heterocycles. The minimum Gasteiger partial charge on any atom is -0.271 e. The van der Waals surface area contributed by atoms with Crippen LogP contribution in [-0.2, 0) is 5.88 Å². The van der Waals surface area contributed by atoms with Crippen molar-refractivity contribution in [3.8, 4) is 0 Å². The molecule has 0 aromatic heterocycles. The van der Waals surface area contributed by atoms with Gasteiger partial charge >= 0.3 is 8.74 Å². The largest absolute Gasteiger partial charge is 0.422 e. The SMILES string of the molecule is CC(C[Si](C)(F)F)c1ccccc1CCl. The molecule has 84 valence electrons. The van der Waals surface area contributed by atoms with E-state index in [-0.39, 0.29) is 12.0 Å². The van der Waals surface area contributed by atoms with Gasteiger partial charge in [-0.15, -0.1) is 11.6 Å². The van der Waals surface area contributed by atoms with E-state index < -0.39 is 8.74 Å². The summed E-state index contributed by atoms with van der Waals surface area (Å²) in [6, 6.07) is 7.55. The minimum atomic E-state index is -3.98. The predicted molar refractivity (Wildman–Crippen MR) is 63.1 cm³/mol. The van der Waals surface area contributed by atoms with Crippen LogP contribution in [0.15, 0.2) is 24.3 Å². The Bertz CT molecular complexity index is 323. The average Bonchev–Trinajstić information content (AvgIpc) is 2.15. The van der Waals surface area contributed by atoms with Gasteiger partial charge in [0.1, 0.15) is 0 Å². The van der Waals surface area contributed by atoms with Crippen LogP contribution in [0.4, 0.5) is 8.22 Å². The lowest BCUT2D eigenvalue weighted by molar-refractivity contribution is 0.587. The van der Waals surface area contributed by atoms with Crippen molar-refractivity contribution in [3.05, 3.63) is 35.4 Å². The second-order valence-corrected chi connectivity index (χ2v) is 6.82. The topological polar surface area (TPSA) is 0 Å². The summed E-state index contributed by atoms with van der Waals surface area (Å²) in [7, 11) is -3.98. The fourth-order valence-corrected chi connectivity index (χ4v) is 3.32. The van der Waals surface area contributed by atoms with Gasteiger partial charge in [0.05, 0.1) is 0 Å². The molecular weight excluding hydrogens is 234 g/mol. The molecule has 1 unspecified atom stereocenters. The van der Waals surface area contributed by atoms with Crippen molar-refractivity contribution in [2.75, 3.05) is 0 Å². The molecule has 0 saturated carbocycles. The summed E-state index contributed by atoms with van der Waals surface area (Å²) < 4.78 is 26.0. The number of hydrogen-bond acceptors (Lipinski definition) is 0. The first-order chi connectivity index (χ1) is 6.94. The molecule has 1 aromatic rings. The number of alkyl halides is 1. The summed E-state index contributed by atoms with van der Waals surface area (Å²) in [6.07, 6.45) is 0. The monoisotopic (exact) mass is 248 g/mol. The first-order valence-corrected chi connectivity index (χ1v) is 7.95. The van der Waals surface area contributed by atoms with E-state index in [0.717, 1.165) is 17.7 Å². The molecule has 15 heavy (non-hydrogen) atoms. The third-order valence-electron chi connectivity index (χ3n) is 2.39. The molecule has 1 atom stereocenters. The molecule has 0 saturated heterocycles. The highest BCUT2D eigenvalue weighted by atomic mass is 35.5. The third-order valence-corrected chi connectivity index (χ3v) is 4.01. The van der Waals surface area contributed by atoms with Crippen molar-refractivity contribution in [1.82, 2.24) is 0 Å². The Kier molecular flexibility index (Phi) is 4.29. The van der Waals surface area contributed by atoms with Crippen LogP contribution in [0, 0.1) is 0 Å². The van der Waals surface area contributed by atoms with E-state index in [0.29, 0.717) is 5.88 Å². The van der Waals surface area contributed by atoms with Crippen molar-refractivity contribution in [3.63, 3.8) is 0 Å². The summed E-state index contributed by atoms with van der Waals surface area (Å²) in [6.45, 7) is 2.93. The number of hydrogen-bond donors (Lipinski definition) is 0. The van der Waals surface area contributed by atoms with Crippen molar-refractivity contribution in [2.24, 2.45) is 0 Å². The van der Waals surface area contributed by atoms with Gasteiger partial charge in [-0.2, -0.15) is 0 Å². The molecular formula is C11H15ClF2Si. The van der Waals surface area contributed by atoms with Crippen molar-refractivity contribution < 1.29 is 8.22 Å². The lowest BCUT2D eigenvalue weighted by Crippen LogP contribution is -2.19. The molecule has 0 nitrogen and oxygen atoms in total. The van der Waals surface area contributed by atoms with Crippen LogP contribution in [-0.4, -0.2) is 8.74 Å². The van der Waals surface area contributed by atoms with E-state index in [2.05, 4.69) is 0 Å². The fourth-order valence-electron chi connectivity index (χ4n) is 1.78. The normalized spacial score (nSPS) is 13.9. The molecule has 1 rings (SSSR count). The molecule has 0 amide bonds. The summed E-state index contributed by atoms with van der Waals surface area (Å²) in [5.41, 5.74) is 1.92. The van der Waals surface area contributed by atoms with Gasteiger partial charge in [-0.3, -0.25) is 8.22 Å². The number of benzene rings is 1. The molecule has 0 fully saturated rings. The zero-order valence-corrected chi connectivity index (χ0v) is 10.7. The maximum Gasteiger partial charge on any atom is 0.422 e. The van der Waals surface area contributed by atoms with Gasteiger partial charge in [0.15, 0.2) is 0 Å². The Balaban J connectivity index is 2.86. The van der Waals surface area contributed by atoms with Crippen LogP contribution in [0.1, 0.15) is 24.0 Å². The lowest BCUT2D eigenvalue weighted by atomic mass is 9.98. The van der Waals surface area contributed by atoms with Crippen molar-refractivity contribution >= 4 is 20.3 Å². The third kappa shape index (κ3) is 3.91. The maximum atomic E-state index is 13.0. The Morgan fingerprint density at radius 3 is 2.47 bits per heavy atom. The van der Waals surface area contributed by atoms with E-state index in [1.165, 1.54) is 0 Å². The fraction of sp³-hybridized carbons (Fsp3) is 0.455. The van der Waals surface area contributed by atoms with E-state index in [9.17, 15) is 8.22 Å². The lowest BCUT2D eigenvalue weighted by Gasteiger charge is -2.17. The molecule has 4 heteroatoms. The van der Waals surface area contributed by atoms with E-state index >= 15 is 0 Å².